The summed E-state index contributed by atoms with van der Waals surface area (Å²) in [5, 5.41) is 0.741. The van der Waals surface area contributed by atoms with Crippen molar-refractivity contribution in [1.29, 1.82) is 0 Å². The number of para-hydroxylation sites is 1. The number of carbonyl (C=O) groups excluding carboxylic acids is 3. The van der Waals surface area contributed by atoms with Crippen molar-refractivity contribution in [3.05, 3.63) is 71.5 Å². The Morgan fingerprint density at radius 1 is 1.00 bits per heavy atom. The van der Waals surface area contributed by atoms with E-state index >= 15 is 0 Å². The van der Waals surface area contributed by atoms with E-state index in [1.54, 1.807) is 42.5 Å². The van der Waals surface area contributed by atoms with Gasteiger partial charge in [-0.05, 0) is 32.0 Å². The highest BCUT2D eigenvalue weighted by atomic mass is 16.6. The summed E-state index contributed by atoms with van der Waals surface area (Å²) in [5.74, 6) is -1.98. The maximum absolute atomic E-state index is 12.6. The molecule has 2 amide bonds. The number of ether oxygens (including phenoxy) is 2. The number of rotatable bonds is 7. The first kappa shape index (κ1) is 21.1. The number of amides is 2. The molecular weight excluding hydrogens is 388 g/mol. The molecule has 8 nitrogen and oxygen atoms in total. The Morgan fingerprint density at radius 3 is 2.43 bits per heavy atom. The summed E-state index contributed by atoms with van der Waals surface area (Å²) >= 11 is 0. The molecule has 8 heteroatoms. The van der Waals surface area contributed by atoms with Gasteiger partial charge in [0.2, 0.25) is 5.76 Å². The van der Waals surface area contributed by atoms with E-state index in [0.717, 1.165) is 5.39 Å². The van der Waals surface area contributed by atoms with Crippen LogP contribution in [0.5, 0.6) is 0 Å². The van der Waals surface area contributed by atoms with E-state index in [2.05, 4.69) is 10.9 Å². The SMILES string of the molecule is CCOCc1c(C(=O)O[C@H](C)C(=O)NNC(=O)c2ccccc2)oc2ccccc12. The van der Waals surface area contributed by atoms with Gasteiger partial charge in [-0.15, -0.1) is 0 Å². The quantitative estimate of drug-likeness (QED) is 0.458. The fraction of sp³-hybridized carbons (Fsp3) is 0.227. The van der Waals surface area contributed by atoms with E-state index in [0.29, 0.717) is 23.3 Å². The number of fused-ring (bicyclic) bond motifs is 1. The van der Waals surface area contributed by atoms with Crippen LogP contribution in [0.15, 0.2) is 59.0 Å². The van der Waals surface area contributed by atoms with Crippen LogP contribution in [-0.2, 0) is 20.9 Å². The standard InChI is InChI=1S/C22H22N2O6/c1-3-28-13-17-16-11-7-8-12-18(16)30-19(17)22(27)29-14(2)20(25)23-24-21(26)15-9-5-4-6-10-15/h4-12,14H,3,13H2,1-2H3,(H,23,25)(H,24,26)/t14-/m1/s1. The molecule has 1 heterocycles. The zero-order chi connectivity index (χ0) is 21.5. The molecule has 3 rings (SSSR count). The van der Waals surface area contributed by atoms with Gasteiger partial charge in [-0.2, -0.15) is 0 Å². The van der Waals surface area contributed by atoms with Crippen molar-refractivity contribution in [3.8, 4) is 0 Å². The molecule has 3 aromatic rings. The number of hydrazine groups is 1. The molecule has 30 heavy (non-hydrogen) atoms. The molecule has 0 fully saturated rings. The van der Waals surface area contributed by atoms with Gasteiger partial charge < -0.3 is 13.9 Å². The van der Waals surface area contributed by atoms with Gasteiger partial charge in [0.25, 0.3) is 11.8 Å². The summed E-state index contributed by atoms with van der Waals surface area (Å²) in [6.45, 7) is 3.88. The van der Waals surface area contributed by atoms with Crippen LogP contribution in [0.25, 0.3) is 11.0 Å². The number of hydrogen-bond donors (Lipinski definition) is 2. The normalized spacial score (nSPS) is 11.7. The summed E-state index contributed by atoms with van der Waals surface area (Å²) in [4.78, 5) is 36.8. The zero-order valence-electron chi connectivity index (χ0n) is 16.6. The van der Waals surface area contributed by atoms with Crippen LogP contribution in [0.4, 0.5) is 0 Å². The molecule has 0 spiro atoms. The predicted molar refractivity (Wildman–Crippen MR) is 108 cm³/mol. The molecule has 0 aliphatic rings. The minimum absolute atomic E-state index is 0.0161. The summed E-state index contributed by atoms with van der Waals surface area (Å²) in [6, 6.07) is 15.6. The van der Waals surface area contributed by atoms with Gasteiger partial charge in [0.15, 0.2) is 6.10 Å². The molecule has 1 aromatic heterocycles. The van der Waals surface area contributed by atoms with Gasteiger partial charge >= 0.3 is 5.97 Å². The smallest absolute Gasteiger partial charge is 0.375 e. The summed E-state index contributed by atoms with van der Waals surface area (Å²) in [5.41, 5.74) is 5.98. The van der Waals surface area contributed by atoms with Crippen LogP contribution in [0.3, 0.4) is 0 Å². The molecule has 156 valence electrons. The number of esters is 1. The average Bonchev–Trinajstić information content (AvgIpc) is 3.15. The van der Waals surface area contributed by atoms with E-state index in [4.69, 9.17) is 13.9 Å². The first-order chi connectivity index (χ1) is 14.5. The highest BCUT2D eigenvalue weighted by molar-refractivity contribution is 5.98. The number of nitrogens with one attached hydrogen (secondary N) is 2. The molecule has 0 bridgehead atoms. The van der Waals surface area contributed by atoms with Crippen LogP contribution < -0.4 is 10.9 Å². The second-order valence-corrected chi connectivity index (χ2v) is 6.40. The van der Waals surface area contributed by atoms with Gasteiger partial charge in [-0.1, -0.05) is 36.4 Å². The first-order valence-electron chi connectivity index (χ1n) is 9.45. The first-order valence-corrected chi connectivity index (χ1v) is 9.45. The lowest BCUT2D eigenvalue weighted by Crippen LogP contribution is -2.46. The molecule has 0 saturated carbocycles. The van der Waals surface area contributed by atoms with Crippen LogP contribution in [0.1, 0.15) is 40.3 Å². The Kier molecular flexibility index (Phi) is 6.82. The van der Waals surface area contributed by atoms with Gasteiger partial charge in [-0.25, -0.2) is 4.79 Å². The number of furan rings is 1. The Balaban J connectivity index is 1.65. The van der Waals surface area contributed by atoms with Crippen molar-refractivity contribution in [1.82, 2.24) is 10.9 Å². The van der Waals surface area contributed by atoms with E-state index in [9.17, 15) is 14.4 Å². The van der Waals surface area contributed by atoms with Gasteiger partial charge in [-0.3, -0.25) is 20.4 Å². The summed E-state index contributed by atoms with van der Waals surface area (Å²) in [6.07, 6.45) is -1.17. The maximum atomic E-state index is 12.6. The van der Waals surface area contributed by atoms with Crippen molar-refractivity contribution in [2.75, 3.05) is 6.61 Å². The summed E-state index contributed by atoms with van der Waals surface area (Å²) < 4.78 is 16.3. The van der Waals surface area contributed by atoms with Crippen LogP contribution in [-0.4, -0.2) is 30.5 Å². The van der Waals surface area contributed by atoms with Crippen LogP contribution in [0, 0.1) is 0 Å². The van der Waals surface area contributed by atoms with Gasteiger partial charge in [0.1, 0.15) is 5.58 Å². The van der Waals surface area contributed by atoms with Gasteiger partial charge in [0, 0.05) is 23.1 Å². The maximum Gasteiger partial charge on any atom is 0.375 e. The third-order valence-electron chi connectivity index (χ3n) is 4.32. The molecule has 2 N–H and O–H groups in total. The fourth-order valence-corrected chi connectivity index (χ4v) is 2.76. The Labute approximate surface area is 173 Å². The van der Waals surface area contributed by atoms with E-state index < -0.39 is 23.9 Å². The van der Waals surface area contributed by atoms with E-state index in [-0.39, 0.29) is 12.4 Å². The highest BCUT2D eigenvalue weighted by Crippen LogP contribution is 2.27. The van der Waals surface area contributed by atoms with Gasteiger partial charge in [0.05, 0.1) is 6.61 Å². The third-order valence-corrected chi connectivity index (χ3v) is 4.32. The van der Waals surface area contributed by atoms with E-state index in [1.165, 1.54) is 6.92 Å². The largest absolute Gasteiger partial charge is 0.449 e. The lowest BCUT2D eigenvalue weighted by Gasteiger charge is -2.14. The molecular formula is C22H22N2O6. The third kappa shape index (κ3) is 4.84. The molecule has 0 aliphatic heterocycles. The van der Waals surface area contributed by atoms with Crippen LogP contribution >= 0.6 is 0 Å². The fourth-order valence-electron chi connectivity index (χ4n) is 2.76. The molecule has 0 saturated heterocycles. The van der Waals surface area contributed by atoms with Crippen molar-refractivity contribution in [2.45, 2.75) is 26.6 Å². The second kappa shape index (κ2) is 9.71. The molecule has 1 atom stereocenters. The molecule has 2 aromatic carbocycles. The topological polar surface area (TPSA) is 107 Å². The lowest BCUT2D eigenvalue weighted by molar-refractivity contribution is -0.129. The molecule has 0 aliphatic carbocycles. The van der Waals surface area contributed by atoms with Crippen molar-refractivity contribution >= 4 is 28.8 Å². The highest BCUT2D eigenvalue weighted by Gasteiger charge is 2.26. The summed E-state index contributed by atoms with van der Waals surface area (Å²) in [7, 11) is 0. The van der Waals surface area contributed by atoms with Crippen molar-refractivity contribution in [3.63, 3.8) is 0 Å². The number of benzene rings is 2. The minimum Gasteiger partial charge on any atom is -0.449 e. The minimum atomic E-state index is -1.17. The van der Waals surface area contributed by atoms with Crippen LogP contribution in [0.2, 0.25) is 0 Å². The van der Waals surface area contributed by atoms with Crippen molar-refractivity contribution in [2.24, 2.45) is 0 Å². The predicted octanol–water partition coefficient (Wildman–Crippen LogP) is 2.98. The second-order valence-electron chi connectivity index (χ2n) is 6.40. The number of carbonyl (C=O) groups is 3. The average molecular weight is 410 g/mol. The Hall–Kier alpha value is -3.65. The Bertz CT molecular complexity index is 1040. The van der Waals surface area contributed by atoms with Crippen molar-refractivity contribution < 1.29 is 28.3 Å². The Morgan fingerprint density at radius 2 is 1.70 bits per heavy atom. The molecule has 0 radical (unpaired) electrons. The lowest BCUT2D eigenvalue weighted by atomic mass is 10.1. The monoisotopic (exact) mass is 410 g/mol. The van der Waals surface area contributed by atoms with E-state index in [1.807, 2.05) is 19.1 Å². The number of hydrogen-bond acceptors (Lipinski definition) is 6. The zero-order valence-corrected chi connectivity index (χ0v) is 16.6. The molecule has 0 unspecified atom stereocenters.